The number of anilines is 1. The SMILES string of the molecule is C/C=C\N=C(C)N=C/C(=C\C)c1ccn2nc(N)nc(CC(C)(C)C)c12. The van der Waals surface area contributed by atoms with Gasteiger partial charge in [0.25, 0.3) is 0 Å². The molecular weight excluding hydrogens is 324 g/mol. The molecule has 0 saturated heterocycles. The van der Waals surface area contributed by atoms with E-state index in [0.717, 1.165) is 28.8 Å². The number of fused-ring (bicyclic) bond motifs is 1. The number of nitrogen functional groups attached to an aromatic ring is 1. The molecule has 0 radical (unpaired) electrons. The van der Waals surface area contributed by atoms with Crippen LogP contribution in [0.1, 0.15) is 52.8 Å². The van der Waals surface area contributed by atoms with Crippen molar-refractivity contribution in [2.45, 2.75) is 48.0 Å². The van der Waals surface area contributed by atoms with Crippen LogP contribution >= 0.6 is 0 Å². The quantitative estimate of drug-likeness (QED) is 0.657. The molecule has 0 amide bonds. The molecule has 2 heterocycles. The van der Waals surface area contributed by atoms with Crippen molar-refractivity contribution in [1.82, 2.24) is 14.6 Å². The van der Waals surface area contributed by atoms with Crippen LogP contribution in [-0.2, 0) is 6.42 Å². The van der Waals surface area contributed by atoms with E-state index >= 15 is 0 Å². The molecule has 0 aliphatic heterocycles. The highest BCUT2D eigenvalue weighted by Gasteiger charge is 2.19. The molecule has 2 N–H and O–H groups in total. The van der Waals surface area contributed by atoms with Gasteiger partial charge in [0.2, 0.25) is 5.95 Å². The molecule has 0 aliphatic rings. The van der Waals surface area contributed by atoms with Crippen LogP contribution in [0.25, 0.3) is 11.1 Å². The zero-order valence-corrected chi connectivity index (χ0v) is 16.5. The van der Waals surface area contributed by atoms with Gasteiger partial charge in [0.05, 0.1) is 11.2 Å². The lowest BCUT2D eigenvalue weighted by atomic mass is 9.89. The van der Waals surface area contributed by atoms with Gasteiger partial charge in [-0.1, -0.05) is 32.9 Å². The van der Waals surface area contributed by atoms with Crippen LogP contribution in [0.5, 0.6) is 0 Å². The summed E-state index contributed by atoms with van der Waals surface area (Å²) in [5, 5.41) is 4.32. The van der Waals surface area contributed by atoms with Crippen molar-refractivity contribution in [3.8, 4) is 0 Å². The van der Waals surface area contributed by atoms with Crippen LogP contribution in [0.3, 0.4) is 0 Å². The molecule has 138 valence electrons. The van der Waals surface area contributed by atoms with Crippen molar-refractivity contribution >= 4 is 29.1 Å². The maximum Gasteiger partial charge on any atom is 0.238 e. The molecular formula is C20H28N6. The minimum absolute atomic E-state index is 0.0860. The normalized spacial score (nSPS) is 14.2. The average Bonchev–Trinajstić information content (AvgIpc) is 2.96. The predicted molar refractivity (Wildman–Crippen MR) is 111 cm³/mol. The number of aliphatic imine (C=N–C) groups is 2. The molecule has 0 bridgehead atoms. The maximum absolute atomic E-state index is 5.90. The second-order valence-electron chi connectivity index (χ2n) is 7.34. The predicted octanol–water partition coefficient (Wildman–Crippen LogP) is 4.33. The average molecular weight is 352 g/mol. The Morgan fingerprint density at radius 1 is 1.31 bits per heavy atom. The van der Waals surface area contributed by atoms with Gasteiger partial charge in [-0.25, -0.2) is 19.5 Å². The van der Waals surface area contributed by atoms with Gasteiger partial charge in [-0.15, -0.1) is 5.10 Å². The van der Waals surface area contributed by atoms with Gasteiger partial charge in [-0.2, -0.15) is 0 Å². The summed E-state index contributed by atoms with van der Waals surface area (Å²) < 4.78 is 1.80. The van der Waals surface area contributed by atoms with E-state index in [1.165, 1.54) is 0 Å². The van der Waals surface area contributed by atoms with Crippen LogP contribution in [0.4, 0.5) is 5.95 Å². The first-order valence-electron chi connectivity index (χ1n) is 8.75. The van der Waals surface area contributed by atoms with Crippen molar-refractivity contribution in [1.29, 1.82) is 0 Å². The molecule has 0 saturated carbocycles. The van der Waals surface area contributed by atoms with Crippen molar-refractivity contribution in [2.24, 2.45) is 15.4 Å². The maximum atomic E-state index is 5.90. The molecule has 0 aromatic carbocycles. The van der Waals surface area contributed by atoms with Gasteiger partial charge < -0.3 is 5.73 Å². The number of hydrogen-bond acceptors (Lipinski definition) is 4. The Labute approximate surface area is 155 Å². The third kappa shape index (κ3) is 4.88. The van der Waals surface area contributed by atoms with Crippen molar-refractivity contribution in [2.75, 3.05) is 5.73 Å². The zero-order chi connectivity index (χ0) is 19.3. The van der Waals surface area contributed by atoms with Gasteiger partial charge in [-0.05, 0) is 44.2 Å². The number of aromatic nitrogens is 3. The summed E-state index contributed by atoms with van der Waals surface area (Å²) in [5.41, 5.74) is 9.93. The fourth-order valence-electron chi connectivity index (χ4n) is 2.65. The minimum Gasteiger partial charge on any atom is -0.367 e. The number of hydrogen-bond donors (Lipinski definition) is 1. The topological polar surface area (TPSA) is 80.9 Å². The van der Waals surface area contributed by atoms with E-state index in [1.807, 2.05) is 51.4 Å². The van der Waals surface area contributed by atoms with Gasteiger partial charge >= 0.3 is 0 Å². The van der Waals surface area contributed by atoms with E-state index in [1.54, 1.807) is 10.7 Å². The highest BCUT2D eigenvalue weighted by Crippen LogP contribution is 2.28. The summed E-state index contributed by atoms with van der Waals surface area (Å²) in [6.45, 7) is 12.3. The summed E-state index contributed by atoms with van der Waals surface area (Å²) in [4.78, 5) is 13.2. The molecule has 0 atom stereocenters. The monoisotopic (exact) mass is 352 g/mol. The highest BCUT2D eigenvalue weighted by atomic mass is 15.3. The Kier molecular flexibility index (Phi) is 6.08. The first kappa shape index (κ1) is 19.6. The van der Waals surface area contributed by atoms with Crippen LogP contribution < -0.4 is 5.73 Å². The van der Waals surface area contributed by atoms with E-state index in [9.17, 15) is 0 Å². The van der Waals surface area contributed by atoms with E-state index in [0.29, 0.717) is 5.84 Å². The molecule has 0 unspecified atom stereocenters. The van der Waals surface area contributed by atoms with Crippen molar-refractivity contribution < 1.29 is 0 Å². The van der Waals surface area contributed by atoms with Gasteiger partial charge in [-0.3, -0.25) is 0 Å². The first-order chi connectivity index (χ1) is 12.2. The summed E-state index contributed by atoms with van der Waals surface area (Å²) in [6, 6.07) is 2.02. The fraction of sp³-hybridized carbons (Fsp3) is 0.400. The summed E-state index contributed by atoms with van der Waals surface area (Å²) >= 11 is 0. The number of amidine groups is 1. The van der Waals surface area contributed by atoms with Crippen LogP contribution in [0.2, 0.25) is 0 Å². The van der Waals surface area contributed by atoms with Gasteiger partial charge in [0.1, 0.15) is 5.84 Å². The number of allylic oxidation sites excluding steroid dienone is 3. The van der Waals surface area contributed by atoms with E-state index in [4.69, 9.17) is 5.73 Å². The second kappa shape index (κ2) is 8.08. The Bertz CT molecular complexity index is 891. The molecule has 26 heavy (non-hydrogen) atoms. The third-order valence-corrected chi connectivity index (χ3v) is 3.72. The zero-order valence-electron chi connectivity index (χ0n) is 16.5. The van der Waals surface area contributed by atoms with Crippen LogP contribution in [-0.4, -0.2) is 26.6 Å². The number of nitrogens with zero attached hydrogens (tertiary/aromatic N) is 5. The van der Waals surface area contributed by atoms with E-state index in [-0.39, 0.29) is 11.4 Å². The summed E-state index contributed by atoms with van der Waals surface area (Å²) in [5.74, 6) is 0.977. The molecule has 0 fully saturated rings. The van der Waals surface area contributed by atoms with Gasteiger partial charge in [0.15, 0.2) is 0 Å². The van der Waals surface area contributed by atoms with Crippen LogP contribution in [0.15, 0.2) is 40.6 Å². The third-order valence-electron chi connectivity index (χ3n) is 3.72. The summed E-state index contributed by atoms with van der Waals surface area (Å²) in [6.07, 6.45) is 10.2. The Hall–Kier alpha value is -2.76. The Balaban J connectivity index is 2.53. The lowest BCUT2D eigenvalue weighted by Crippen LogP contribution is -2.14. The van der Waals surface area contributed by atoms with E-state index < -0.39 is 0 Å². The minimum atomic E-state index is 0.0860. The number of rotatable bonds is 4. The molecule has 2 rings (SSSR count). The Morgan fingerprint density at radius 3 is 2.65 bits per heavy atom. The first-order valence-corrected chi connectivity index (χ1v) is 8.75. The molecule has 2 aromatic heterocycles. The molecule has 6 nitrogen and oxygen atoms in total. The lowest BCUT2D eigenvalue weighted by molar-refractivity contribution is 0.407. The lowest BCUT2D eigenvalue weighted by Gasteiger charge is -2.18. The molecule has 2 aromatic rings. The number of nitrogens with two attached hydrogens (primary N) is 1. The second-order valence-corrected chi connectivity index (χ2v) is 7.34. The largest absolute Gasteiger partial charge is 0.367 e. The van der Waals surface area contributed by atoms with E-state index in [2.05, 4.69) is 40.8 Å². The van der Waals surface area contributed by atoms with Crippen LogP contribution in [0, 0.1) is 5.41 Å². The van der Waals surface area contributed by atoms with Gasteiger partial charge in [0, 0.05) is 24.2 Å². The van der Waals surface area contributed by atoms with Crippen molar-refractivity contribution in [3.05, 3.63) is 41.9 Å². The highest BCUT2D eigenvalue weighted by molar-refractivity contribution is 6.15. The Morgan fingerprint density at radius 2 is 2.04 bits per heavy atom. The fourth-order valence-corrected chi connectivity index (χ4v) is 2.65. The molecule has 6 heteroatoms. The smallest absolute Gasteiger partial charge is 0.238 e. The molecule has 0 spiro atoms. The molecule has 0 aliphatic carbocycles. The van der Waals surface area contributed by atoms with Crippen molar-refractivity contribution in [3.63, 3.8) is 0 Å². The standard InChI is InChI=1S/C20H28N6/c1-7-10-22-14(3)23-13-15(8-2)16-9-11-26-18(16)17(12-20(4,5)6)24-19(21)25-26/h7-11,13H,12H2,1-6H3,(H2,21,25)/b10-7-,15-8+,22-14?,23-13?. The summed E-state index contributed by atoms with van der Waals surface area (Å²) in [7, 11) is 0.